The highest BCUT2D eigenvalue weighted by Gasteiger charge is 2.43. The zero-order chi connectivity index (χ0) is 17.3. The fourth-order valence-corrected chi connectivity index (χ4v) is 3.11. The minimum Gasteiger partial charge on any atom is -0.479 e. The molecule has 1 aliphatic carbocycles. The van der Waals surface area contributed by atoms with Gasteiger partial charge in [-0.2, -0.15) is 0 Å². The molecule has 1 aliphatic rings. The van der Waals surface area contributed by atoms with Gasteiger partial charge in [-0.1, -0.05) is 55.5 Å². The van der Waals surface area contributed by atoms with E-state index in [2.05, 4.69) is 0 Å². The van der Waals surface area contributed by atoms with E-state index in [1.807, 2.05) is 48.5 Å². The Bertz CT molecular complexity index is 756. The second-order valence-corrected chi connectivity index (χ2v) is 5.96. The van der Waals surface area contributed by atoms with Gasteiger partial charge in [-0.05, 0) is 28.7 Å². The lowest BCUT2D eigenvalue weighted by Crippen LogP contribution is -2.55. The minimum atomic E-state index is -2.00. The predicted molar refractivity (Wildman–Crippen MR) is 89.5 cm³/mol. The Hall–Kier alpha value is -2.66. The molecule has 2 aromatic carbocycles. The number of ether oxygens (including phenoxy) is 1. The number of carboxylic acids is 1. The van der Waals surface area contributed by atoms with Crippen LogP contribution in [0.15, 0.2) is 48.5 Å². The van der Waals surface area contributed by atoms with Crippen molar-refractivity contribution in [3.05, 3.63) is 59.7 Å². The molecule has 3 N–H and O–H groups in total. The van der Waals surface area contributed by atoms with Crippen LogP contribution in [0.2, 0.25) is 0 Å². The molecule has 0 aromatic heterocycles. The molecule has 0 unspecified atom stereocenters. The summed E-state index contributed by atoms with van der Waals surface area (Å²) in [4.78, 5) is 23.5. The number of hydrogen-bond donors (Lipinski definition) is 2. The molecule has 0 aliphatic heterocycles. The van der Waals surface area contributed by atoms with Gasteiger partial charge in [-0.15, -0.1) is 0 Å². The van der Waals surface area contributed by atoms with E-state index in [0.717, 1.165) is 22.3 Å². The van der Waals surface area contributed by atoms with Gasteiger partial charge in [-0.3, -0.25) is 0 Å². The molecule has 0 bridgehead atoms. The third-order valence-electron chi connectivity index (χ3n) is 4.65. The molecule has 0 saturated carbocycles. The summed E-state index contributed by atoms with van der Waals surface area (Å²) in [6, 6.07) is 15.9. The van der Waals surface area contributed by atoms with Crippen molar-refractivity contribution in [2.24, 2.45) is 5.73 Å². The van der Waals surface area contributed by atoms with E-state index in [4.69, 9.17) is 10.5 Å². The van der Waals surface area contributed by atoms with Gasteiger partial charge in [0, 0.05) is 5.92 Å². The molecule has 2 aromatic rings. The van der Waals surface area contributed by atoms with Crippen LogP contribution >= 0.6 is 0 Å². The molecule has 5 heteroatoms. The number of benzene rings is 2. The lowest BCUT2D eigenvalue weighted by molar-refractivity contribution is -0.161. The molecule has 124 valence electrons. The second kappa shape index (κ2) is 6.09. The summed E-state index contributed by atoms with van der Waals surface area (Å²) in [6.07, 6.45) is -0.0288. The summed E-state index contributed by atoms with van der Waals surface area (Å²) in [7, 11) is 0. The van der Waals surface area contributed by atoms with Crippen LogP contribution in [-0.4, -0.2) is 29.2 Å². The Kier molecular flexibility index (Phi) is 4.11. The van der Waals surface area contributed by atoms with Crippen molar-refractivity contribution in [2.75, 3.05) is 6.61 Å². The minimum absolute atomic E-state index is 0.0288. The van der Waals surface area contributed by atoms with E-state index in [-0.39, 0.29) is 18.9 Å². The zero-order valence-electron chi connectivity index (χ0n) is 13.4. The molecule has 0 heterocycles. The van der Waals surface area contributed by atoms with Crippen molar-refractivity contribution in [1.29, 1.82) is 0 Å². The molecule has 24 heavy (non-hydrogen) atoms. The Morgan fingerprint density at radius 3 is 2.04 bits per heavy atom. The average molecular weight is 325 g/mol. The van der Waals surface area contributed by atoms with E-state index in [1.165, 1.54) is 0 Å². The van der Waals surface area contributed by atoms with E-state index in [1.54, 1.807) is 6.92 Å². The Balaban J connectivity index is 1.86. The quantitative estimate of drug-likeness (QED) is 0.651. The third kappa shape index (κ3) is 2.47. The van der Waals surface area contributed by atoms with Crippen LogP contribution in [0.25, 0.3) is 11.1 Å². The molecule has 0 spiro atoms. The highest BCUT2D eigenvalue weighted by Crippen LogP contribution is 2.44. The number of carboxylic acid groups (broad SMARTS) is 1. The monoisotopic (exact) mass is 325 g/mol. The summed E-state index contributed by atoms with van der Waals surface area (Å²) in [6.45, 7) is 1.62. The maximum absolute atomic E-state index is 12.2. The van der Waals surface area contributed by atoms with E-state index >= 15 is 0 Å². The van der Waals surface area contributed by atoms with Gasteiger partial charge in [-0.25, -0.2) is 9.59 Å². The summed E-state index contributed by atoms with van der Waals surface area (Å²) in [5, 5.41) is 9.18. The number of rotatable bonds is 5. The summed E-state index contributed by atoms with van der Waals surface area (Å²) >= 11 is 0. The highest BCUT2D eigenvalue weighted by molar-refractivity contribution is 6.03. The van der Waals surface area contributed by atoms with Crippen LogP contribution < -0.4 is 5.73 Å². The number of fused-ring (bicyclic) bond motifs is 3. The van der Waals surface area contributed by atoms with Crippen molar-refractivity contribution in [1.82, 2.24) is 0 Å². The van der Waals surface area contributed by atoms with Gasteiger partial charge in [0.2, 0.25) is 5.54 Å². The van der Waals surface area contributed by atoms with Gasteiger partial charge in [0.05, 0.1) is 0 Å². The fraction of sp³-hybridized carbons (Fsp3) is 0.263. The number of carbonyl (C=O) groups is 2. The first kappa shape index (κ1) is 16.2. The average Bonchev–Trinajstić information content (AvgIpc) is 2.92. The molecule has 0 fully saturated rings. The van der Waals surface area contributed by atoms with Gasteiger partial charge in [0.1, 0.15) is 6.61 Å². The molecule has 5 nitrogen and oxygen atoms in total. The topological polar surface area (TPSA) is 89.6 Å². The first-order chi connectivity index (χ1) is 11.5. The summed E-state index contributed by atoms with van der Waals surface area (Å²) in [5.74, 6) is -2.39. The number of aliphatic carboxylic acids is 1. The van der Waals surface area contributed by atoms with E-state index in [0.29, 0.717) is 0 Å². The van der Waals surface area contributed by atoms with Crippen molar-refractivity contribution in [3.63, 3.8) is 0 Å². The lowest BCUT2D eigenvalue weighted by Gasteiger charge is -2.22. The van der Waals surface area contributed by atoms with Gasteiger partial charge in [0.15, 0.2) is 0 Å². The first-order valence-corrected chi connectivity index (χ1v) is 7.86. The molecule has 0 amide bonds. The van der Waals surface area contributed by atoms with Crippen LogP contribution in [0.1, 0.15) is 30.4 Å². The molecule has 0 radical (unpaired) electrons. The van der Waals surface area contributed by atoms with Crippen LogP contribution in [0.4, 0.5) is 0 Å². The smallest absolute Gasteiger partial charge is 0.337 e. The largest absolute Gasteiger partial charge is 0.479 e. The Morgan fingerprint density at radius 1 is 1.08 bits per heavy atom. The fourth-order valence-electron chi connectivity index (χ4n) is 3.11. The number of carbonyl (C=O) groups excluding carboxylic acids is 1. The normalized spacial score (nSPS) is 15.2. The van der Waals surface area contributed by atoms with E-state index < -0.39 is 17.5 Å². The molecule has 3 rings (SSSR count). The maximum Gasteiger partial charge on any atom is 0.337 e. The summed E-state index contributed by atoms with van der Waals surface area (Å²) < 4.78 is 5.31. The molecular weight excluding hydrogens is 306 g/mol. The van der Waals surface area contributed by atoms with Crippen molar-refractivity contribution < 1.29 is 19.4 Å². The maximum atomic E-state index is 12.2. The van der Waals surface area contributed by atoms with Gasteiger partial charge < -0.3 is 15.6 Å². The zero-order valence-corrected chi connectivity index (χ0v) is 13.4. The number of nitrogens with two attached hydrogens (primary N) is 1. The molecule has 1 atom stereocenters. The van der Waals surface area contributed by atoms with E-state index in [9.17, 15) is 14.7 Å². The standard InChI is InChI=1S/C19H19NO4/c1-2-19(20,17(21)22)18(23)24-11-16-14-9-5-3-7-12(14)13-8-4-6-10-15(13)16/h3-10,16H,2,11,20H2,1H3,(H,21,22)/t19-/m1/s1. The molecule has 0 saturated heterocycles. The Labute approximate surface area is 140 Å². The van der Waals surface area contributed by atoms with Crippen molar-refractivity contribution in [3.8, 4) is 11.1 Å². The summed E-state index contributed by atoms with van der Waals surface area (Å²) in [5.41, 5.74) is 8.05. The second-order valence-electron chi connectivity index (χ2n) is 5.96. The van der Waals surface area contributed by atoms with Crippen LogP contribution in [0, 0.1) is 0 Å². The number of esters is 1. The predicted octanol–water partition coefficient (Wildman–Crippen LogP) is 2.53. The SMILES string of the molecule is CC[C@@](N)(C(=O)O)C(=O)OCC1c2ccccc2-c2ccccc21. The van der Waals surface area contributed by atoms with Crippen molar-refractivity contribution in [2.45, 2.75) is 24.8 Å². The van der Waals surface area contributed by atoms with Crippen LogP contribution in [-0.2, 0) is 14.3 Å². The van der Waals surface area contributed by atoms with Crippen molar-refractivity contribution >= 4 is 11.9 Å². The first-order valence-electron chi connectivity index (χ1n) is 7.86. The molecular formula is C19H19NO4. The lowest BCUT2D eigenvalue weighted by atomic mass is 9.96. The van der Waals surface area contributed by atoms with Crippen LogP contribution in [0.3, 0.4) is 0 Å². The van der Waals surface area contributed by atoms with Gasteiger partial charge >= 0.3 is 11.9 Å². The number of hydrogen-bond acceptors (Lipinski definition) is 4. The Morgan fingerprint density at radius 2 is 1.58 bits per heavy atom. The highest BCUT2D eigenvalue weighted by atomic mass is 16.5. The van der Waals surface area contributed by atoms with Gasteiger partial charge in [0.25, 0.3) is 0 Å². The third-order valence-corrected chi connectivity index (χ3v) is 4.65. The van der Waals surface area contributed by atoms with Crippen LogP contribution in [0.5, 0.6) is 0 Å².